The highest BCUT2D eigenvalue weighted by Crippen LogP contribution is 2.41. The lowest BCUT2D eigenvalue weighted by molar-refractivity contribution is -0.142. The fourth-order valence-electron chi connectivity index (χ4n) is 3.04. The SMILES string of the molecule is O=C(NCC1CCCO1)c1cnn2c(C(F)(F)F)cc(C3CC3)nc12. The molecule has 0 bridgehead atoms. The number of ether oxygens (including phenoxy) is 1. The van der Waals surface area contributed by atoms with Gasteiger partial charge in [-0.15, -0.1) is 0 Å². The summed E-state index contributed by atoms with van der Waals surface area (Å²) in [5.74, 6) is -0.456. The molecule has 1 saturated carbocycles. The summed E-state index contributed by atoms with van der Waals surface area (Å²) < 4.78 is 46.1. The number of aromatic nitrogens is 3. The topological polar surface area (TPSA) is 68.5 Å². The van der Waals surface area contributed by atoms with Gasteiger partial charge >= 0.3 is 6.18 Å². The van der Waals surface area contributed by atoms with Crippen molar-refractivity contribution in [2.75, 3.05) is 13.2 Å². The normalized spacial score (nSPS) is 21.0. The maximum absolute atomic E-state index is 13.3. The Morgan fingerprint density at radius 3 is 2.80 bits per heavy atom. The lowest BCUT2D eigenvalue weighted by Crippen LogP contribution is -2.31. The zero-order chi connectivity index (χ0) is 17.6. The van der Waals surface area contributed by atoms with Crippen LogP contribution >= 0.6 is 0 Å². The molecule has 1 N–H and O–H groups in total. The standard InChI is InChI=1S/C16H17F3N4O2/c17-16(18,19)13-6-12(9-3-4-9)22-14-11(8-21-23(13)14)15(24)20-7-10-2-1-5-25-10/h6,8-10H,1-5,7H2,(H,20,24). The summed E-state index contributed by atoms with van der Waals surface area (Å²) in [6, 6.07) is 1.03. The van der Waals surface area contributed by atoms with Gasteiger partial charge in [-0.05, 0) is 31.7 Å². The molecule has 9 heteroatoms. The van der Waals surface area contributed by atoms with Crippen LogP contribution in [0.15, 0.2) is 12.3 Å². The van der Waals surface area contributed by atoms with Gasteiger partial charge in [0.05, 0.1) is 12.3 Å². The average Bonchev–Trinajstić information content (AvgIpc) is 3.12. The van der Waals surface area contributed by atoms with E-state index in [1.165, 1.54) is 0 Å². The Morgan fingerprint density at radius 1 is 1.36 bits per heavy atom. The molecule has 2 aromatic heterocycles. The summed E-state index contributed by atoms with van der Waals surface area (Å²) in [5, 5.41) is 6.45. The van der Waals surface area contributed by atoms with E-state index in [0.717, 1.165) is 37.9 Å². The molecular weight excluding hydrogens is 337 g/mol. The van der Waals surface area contributed by atoms with Crippen molar-refractivity contribution in [3.8, 4) is 0 Å². The highest BCUT2D eigenvalue weighted by molar-refractivity contribution is 5.99. The number of carbonyl (C=O) groups excluding carboxylic acids is 1. The molecule has 1 saturated heterocycles. The molecule has 2 aromatic rings. The number of halogens is 3. The molecule has 0 spiro atoms. The molecule has 2 aliphatic rings. The van der Waals surface area contributed by atoms with E-state index in [1.807, 2.05) is 0 Å². The number of hydrogen-bond donors (Lipinski definition) is 1. The Kier molecular flexibility index (Phi) is 3.90. The summed E-state index contributed by atoms with van der Waals surface area (Å²) in [5.41, 5.74) is -0.543. The van der Waals surface area contributed by atoms with Gasteiger partial charge in [-0.3, -0.25) is 4.79 Å². The molecule has 1 aliphatic carbocycles. The first-order chi connectivity index (χ1) is 11.9. The number of hydrogen-bond acceptors (Lipinski definition) is 4. The van der Waals surface area contributed by atoms with Crippen LogP contribution in [0.3, 0.4) is 0 Å². The summed E-state index contributed by atoms with van der Waals surface area (Å²) in [7, 11) is 0. The molecule has 1 unspecified atom stereocenters. The number of rotatable bonds is 4. The van der Waals surface area contributed by atoms with E-state index in [9.17, 15) is 18.0 Å². The summed E-state index contributed by atoms with van der Waals surface area (Å²) in [6.07, 6.45) is -0.0480. The van der Waals surface area contributed by atoms with E-state index < -0.39 is 17.8 Å². The summed E-state index contributed by atoms with van der Waals surface area (Å²) >= 11 is 0. The van der Waals surface area contributed by atoms with Crippen molar-refractivity contribution in [1.29, 1.82) is 0 Å². The minimum absolute atomic E-state index is 0.0313. The monoisotopic (exact) mass is 354 g/mol. The molecular formula is C16H17F3N4O2. The molecule has 4 rings (SSSR count). The van der Waals surface area contributed by atoms with E-state index in [0.29, 0.717) is 23.4 Å². The van der Waals surface area contributed by atoms with E-state index >= 15 is 0 Å². The van der Waals surface area contributed by atoms with Crippen molar-refractivity contribution in [2.24, 2.45) is 0 Å². The van der Waals surface area contributed by atoms with Crippen molar-refractivity contribution in [3.63, 3.8) is 0 Å². The molecule has 0 aromatic carbocycles. The van der Waals surface area contributed by atoms with E-state index in [4.69, 9.17) is 4.74 Å². The van der Waals surface area contributed by atoms with Gasteiger partial charge in [0.1, 0.15) is 11.3 Å². The summed E-state index contributed by atoms with van der Waals surface area (Å²) in [4.78, 5) is 16.7. The first-order valence-electron chi connectivity index (χ1n) is 8.29. The number of amides is 1. The number of carbonyl (C=O) groups is 1. The Balaban J connectivity index is 1.67. The second-order valence-electron chi connectivity index (χ2n) is 6.48. The Labute approximate surface area is 141 Å². The molecule has 134 valence electrons. The molecule has 1 amide bonds. The molecule has 3 heterocycles. The van der Waals surface area contributed by atoms with Crippen LogP contribution in [0.5, 0.6) is 0 Å². The van der Waals surface area contributed by atoms with Gasteiger partial charge < -0.3 is 10.1 Å². The molecule has 6 nitrogen and oxygen atoms in total. The van der Waals surface area contributed by atoms with Gasteiger partial charge in [0.15, 0.2) is 5.65 Å². The lowest BCUT2D eigenvalue weighted by Gasteiger charge is -2.12. The molecule has 1 aliphatic heterocycles. The zero-order valence-corrected chi connectivity index (χ0v) is 13.3. The molecule has 2 fully saturated rings. The number of fused-ring (bicyclic) bond motifs is 1. The van der Waals surface area contributed by atoms with Crippen molar-refractivity contribution in [3.05, 3.63) is 29.2 Å². The molecule has 1 atom stereocenters. The third kappa shape index (κ3) is 3.20. The van der Waals surface area contributed by atoms with Gasteiger partial charge in [-0.2, -0.15) is 18.3 Å². The smallest absolute Gasteiger partial charge is 0.376 e. The minimum Gasteiger partial charge on any atom is -0.376 e. The first kappa shape index (κ1) is 16.3. The number of nitrogens with one attached hydrogen (secondary N) is 1. The first-order valence-corrected chi connectivity index (χ1v) is 8.29. The number of alkyl halides is 3. The van der Waals surface area contributed by atoms with E-state index in [1.54, 1.807) is 0 Å². The van der Waals surface area contributed by atoms with E-state index in [-0.39, 0.29) is 23.2 Å². The van der Waals surface area contributed by atoms with Crippen molar-refractivity contribution in [1.82, 2.24) is 19.9 Å². The predicted octanol–water partition coefficient (Wildman–Crippen LogP) is 2.53. The maximum Gasteiger partial charge on any atom is 0.433 e. The summed E-state index contributed by atoms with van der Waals surface area (Å²) in [6.45, 7) is 0.989. The highest BCUT2D eigenvalue weighted by atomic mass is 19.4. The van der Waals surface area contributed by atoms with Crippen LogP contribution in [-0.4, -0.2) is 39.8 Å². The maximum atomic E-state index is 13.3. The molecule has 0 radical (unpaired) electrons. The van der Waals surface area contributed by atoms with Crippen LogP contribution in [0.4, 0.5) is 13.2 Å². The average molecular weight is 354 g/mol. The number of nitrogens with zero attached hydrogens (tertiary/aromatic N) is 3. The van der Waals surface area contributed by atoms with Gasteiger partial charge in [0.25, 0.3) is 5.91 Å². The second-order valence-corrected chi connectivity index (χ2v) is 6.48. The van der Waals surface area contributed by atoms with Crippen LogP contribution in [0.25, 0.3) is 5.65 Å². The minimum atomic E-state index is -4.57. The van der Waals surface area contributed by atoms with Gasteiger partial charge in [-0.25, -0.2) is 9.50 Å². The lowest BCUT2D eigenvalue weighted by atomic mass is 10.2. The van der Waals surface area contributed by atoms with Crippen LogP contribution in [0.2, 0.25) is 0 Å². The van der Waals surface area contributed by atoms with Crippen LogP contribution in [-0.2, 0) is 10.9 Å². The second kappa shape index (κ2) is 5.98. The van der Waals surface area contributed by atoms with Gasteiger partial charge in [0, 0.05) is 24.8 Å². The fourth-order valence-corrected chi connectivity index (χ4v) is 3.04. The van der Waals surface area contributed by atoms with Crippen molar-refractivity contribution >= 4 is 11.6 Å². The van der Waals surface area contributed by atoms with Gasteiger partial charge in [-0.1, -0.05) is 0 Å². The largest absolute Gasteiger partial charge is 0.433 e. The van der Waals surface area contributed by atoms with E-state index in [2.05, 4.69) is 15.4 Å². The Bertz CT molecular complexity index is 808. The van der Waals surface area contributed by atoms with Crippen molar-refractivity contribution in [2.45, 2.75) is 43.9 Å². The zero-order valence-electron chi connectivity index (χ0n) is 13.3. The van der Waals surface area contributed by atoms with Crippen molar-refractivity contribution < 1.29 is 22.7 Å². The predicted molar refractivity (Wildman–Crippen MR) is 81.3 cm³/mol. The fraction of sp³-hybridized carbons (Fsp3) is 0.562. The third-order valence-electron chi connectivity index (χ3n) is 4.54. The van der Waals surface area contributed by atoms with Crippen LogP contribution < -0.4 is 5.32 Å². The Morgan fingerprint density at radius 2 is 2.16 bits per heavy atom. The highest BCUT2D eigenvalue weighted by Gasteiger charge is 2.38. The molecule has 25 heavy (non-hydrogen) atoms. The Hall–Kier alpha value is -2.16. The van der Waals surface area contributed by atoms with Crippen LogP contribution in [0.1, 0.15) is 53.3 Å². The third-order valence-corrected chi connectivity index (χ3v) is 4.54. The quantitative estimate of drug-likeness (QED) is 0.916. The van der Waals surface area contributed by atoms with Crippen LogP contribution in [0, 0.1) is 0 Å². The van der Waals surface area contributed by atoms with Gasteiger partial charge in [0.2, 0.25) is 0 Å².